The molecule has 0 unspecified atom stereocenters. The van der Waals surface area contributed by atoms with Crippen LogP contribution in [0.5, 0.6) is 11.5 Å². The van der Waals surface area contributed by atoms with Crippen molar-refractivity contribution in [3.63, 3.8) is 0 Å². The van der Waals surface area contributed by atoms with Gasteiger partial charge in [0.1, 0.15) is 18.8 Å². The lowest BCUT2D eigenvalue weighted by molar-refractivity contribution is 0.130. The minimum Gasteiger partial charge on any atom is -0.493 e. The van der Waals surface area contributed by atoms with Crippen LogP contribution in [0.3, 0.4) is 0 Å². The molecular weight excluding hydrogens is 404 g/mol. The molecule has 3 aromatic carbocycles. The van der Waals surface area contributed by atoms with Gasteiger partial charge < -0.3 is 19.6 Å². The van der Waals surface area contributed by atoms with E-state index in [9.17, 15) is 0 Å². The van der Waals surface area contributed by atoms with Crippen molar-refractivity contribution >= 4 is 28.1 Å². The van der Waals surface area contributed by atoms with Crippen LogP contribution in [0.1, 0.15) is 18.1 Å². The van der Waals surface area contributed by atoms with E-state index in [0.717, 1.165) is 33.4 Å². The SMILES string of the molecule is COc1cc2ncnc(Nc3ccc(/C(C)=N/OCc4ccccc4)cc3)c2cc1OC. The summed E-state index contributed by atoms with van der Waals surface area (Å²) in [4.78, 5) is 14.2. The fraction of sp³-hybridized carbons (Fsp3) is 0.160. The van der Waals surface area contributed by atoms with Gasteiger partial charge in [-0.1, -0.05) is 47.6 Å². The molecule has 4 aromatic rings. The summed E-state index contributed by atoms with van der Waals surface area (Å²) < 4.78 is 10.8. The molecule has 0 bridgehead atoms. The molecule has 7 heteroatoms. The van der Waals surface area contributed by atoms with Crippen LogP contribution in [-0.4, -0.2) is 29.9 Å². The summed E-state index contributed by atoms with van der Waals surface area (Å²) in [5, 5.41) is 8.41. The van der Waals surface area contributed by atoms with Crippen LogP contribution in [-0.2, 0) is 11.4 Å². The monoisotopic (exact) mass is 428 g/mol. The highest BCUT2D eigenvalue weighted by Crippen LogP contribution is 2.34. The van der Waals surface area contributed by atoms with E-state index in [4.69, 9.17) is 14.3 Å². The van der Waals surface area contributed by atoms with Gasteiger partial charge in [-0.2, -0.15) is 0 Å². The van der Waals surface area contributed by atoms with Crippen LogP contribution >= 0.6 is 0 Å². The van der Waals surface area contributed by atoms with Crippen molar-refractivity contribution in [2.75, 3.05) is 19.5 Å². The maximum Gasteiger partial charge on any atom is 0.162 e. The Morgan fingerprint density at radius 2 is 1.62 bits per heavy atom. The second-order valence-corrected chi connectivity index (χ2v) is 7.08. The minimum absolute atomic E-state index is 0.437. The Labute approximate surface area is 186 Å². The van der Waals surface area contributed by atoms with Gasteiger partial charge in [-0.05, 0) is 36.2 Å². The van der Waals surface area contributed by atoms with E-state index in [1.165, 1.54) is 6.33 Å². The Kier molecular flexibility index (Phi) is 6.46. The molecule has 1 aromatic heterocycles. The Morgan fingerprint density at radius 1 is 0.906 bits per heavy atom. The van der Waals surface area contributed by atoms with Crippen molar-refractivity contribution in [2.24, 2.45) is 5.16 Å². The number of rotatable bonds is 8. The van der Waals surface area contributed by atoms with E-state index in [-0.39, 0.29) is 0 Å². The third kappa shape index (κ3) is 4.78. The fourth-order valence-corrected chi connectivity index (χ4v) is 3.24. The number of oxime groups is 1. The summed E-state index contributed by atoms with van der Waals surface area (Å²) >= 11 is 0. The zero-order chi connectivity index (χ0) is 22.3. The Balaban J connectivity index is 1.49. The summed E-state index contributed by atoms with van der Waals surface area (Å²) in [6, 6.07) is 21.6. The number of benzene rings is 3. The summed E-state index contributed by atoms with van der Waals surface area (Å²) in [6.07, 6.45) is 1.52. The van der Waals surface area contributed by atoms with E-state index in [1.807, 2.05) is 73.7 Å². The highest BCUT2D eigenvalue weighted by Gasteiger charge is 2.11. The molecule has 0 saturated carbocycles. The zero-order valence-electron chi connectivity index (χ0n) is 18.2. The number of nitrogens with zero attached hydrogens (tertiary/aromatic N) is 3. The highest BCUT2D eigenvalue weighted by molar-refractivity contribution is 5.99. The fourth-order valence-electron chi connectivity index (χ4n) is 3.24. The van der Waals surface area contributed by atoms with Gasteiger partial charge >= 0.3 is 0 Å². The number of anilines is 2. The van der Waals surface area contributed by atoms with E-state index < -0.39 is 0 Å². The molecule has 0 saturated heterocycles. The number of hydrogen-bond donors (Lipinski definition) is 1. The largest absolute Gasteiger partial charge is 0.493 e. The second kappa shape index (κ2) is 9.78. The van der Waals surface area contributed by atoms with E-state index in [2.05, 4.69) is 20.4 Å². The van der Waals surface area contributed by atoms with Crippen molar-refractivity contribution in [1.82, 2.24) is 9.97 Å². The topological polar surface area (TPSA) is 77.9 Å². The predicted octanol–water partition coefficient (Wildman–Crippen LogP) is 5.33. The van der Waals surface area contributed by atoms with Crippen LogP contribution < -0.4 is 14.8 Å². The van der Waals surface area contributed by atoms with Crippen molar-refractivity contribution in [3.05, 3.63) is 84.2 Å². The average molecular weight is 428 g/mol. The number of methoxy groups -OCH3 is 2. The Bertz CT molecular complexity index is 1230. The molecule has 0 amide bonds. The van der Waals surface area contributed by atoms with Gasteiger partial charge in [0.05, 0.1) is 25.4 Å². The van der Waals surface area contributed by atoms with Crippen molar-refractivity contribution in [2.45, 2.75) is 13.5 Å². The highest BCUT2D eigenvalue weighted by atomic mass is 16.6. The molecule has 0 spiro atoms. The predicted molar refractivity (Wildman–Crippen MR) is 126 cm³/mol. The van der Waals surface area contributed by atoms with Crippen LogP contribution in [0.4, 0.5) is 11.5 Å². The first kappa shape index (κ1) is 21.1. The van der Waals surface area contributed by atoms with E-state index >= 15 is 0 Å². The van der Waals surface area contributed by atoms with Gasteiger partial charge in [0.25, 0.3) is 0 Å². The van der Waals surface area contributed by atoms with Gasteiger partial charge in [-0.3, -0.25) is 0 Å². The molecule has 7 nitrogen and oxygen atoms in total. The number of aromatic nitrogens is 2. The zero-order valence-corrected chi connectivity index (χ0v) is 18.2. The van der Waals surface area contributed by atoms with Crippen LogP contribution in [0.25, 0.3) is 10.9 Å². The maximum atomic E-state index is 5.48. The molecule has 0 aliphatic heterocycles. The molecular formula is C25H24N4O3. The molecule has 32 heavy (non-hydrogen) atoms. The van der Waals surface area contributed by atoms with Crippen LogP contribution in [0, 0.1) is 0 Å². The molecule has 1 heterocycles. The van der Waals surface area contributed by atoms with E-state index in [1.54, 1.807) is 14.2 Å². The standard InChI is InChI=1S/C25H24N4O3/c1-17(29-32-15-18-7-5-4-6-8-18)19-9-11-20(12-10-19)28-25-21-13-23(30-2)24(31-3)14-22(21)26-16-27-25/h4-14,16H,15H2,1-3H3,(H,26,27,28)/b29-17+. The number of fused-ring (bicyclic) bond motifs is 1. The van der Waals surface area contributed by atoms with Crippen molar-refractivity contribution < 1.29 is 14.3 Å². The normalized spacial score (nSPS) is 11.3. The summed E-state index contributed by atoms with van der Waals surface area (Å²) in [5.74, 6) is 1.93. The second-order valence-electron chi connectivity index (χ2n) is 7.08. The Morgan fingerprint density at radius 3 is 2.34 bits per heavy atom. The third-order valence-corrected chi connectivity index (χ3v) is 4.98. The van der Waals surface area contributed by atoms with Gasteiger partial charge in [0.2, 0.25) is 0 Å². The van der Waals surface area contributed by atoms with Gasteiger partial charge in [-0.15, -0.1) is 0 Å². The lowest BCUT2D eigenvalue weighted by Crippen LogP contribution is -2.00. The molecule has 4 rings (SSSR count). The molecule has 0 atom stereocenters. The first-order valence-electron chi connectivity index (χ1n) is 10.1. The summed E-state index contributed by atoms with van der Waals surface area (Å²) in [5.41, 5.74) is 4.51. The maximum absolute atomic E-state index is 5.48. The smallest absolute Gasteiger partial charge is 0.162 e. The summed E-state index contributed by atoms with van der Waals surface area (Å²) in [7, 11) is 3.20. The lowest BCUT2D eigenvalue weighted by Gasteiger charge is -2.12. The molecule has 0 aliphatic rings. The van der Waals surface area contributed by atoms with Crippen molar-refractivity contribution in [3.8, 4) is 11.5 Å². The summed E-state index contributed by atoms with van der Waals surface area (Å²) in [6.45, 7) is 2.36. The number of ether oxygens (including phenoxy) is 2. The average Bonchev–Trinajstić information content (AvgIpc) is 2.84. The molecule has 162 valence electrons. The van der Waals surface area contributed by atoms with Crippen molar-refractivity contribution in [1.29, 1.82) is 0 Å². The first-order chi connectivity index (χ1) is 15.7. The van der Waals surface area contributed by atoms with Gasteiger partial charge in [-0.25, -0.2) is 9.97 Å². The van der Waals surface area contributed by atoms with Crippen LogP contribution in [0.2, 0.25) is 0 Å². The lowest BCUT2D eigenvalue weighted by atomic mass is 10.1. The van der Waals surface area contributed by atoms with E-state index in [0.29, 0.717) is 23.9 Å². The molecule has 0 fully saturated rings. The quantitative estimate of drug-likeness (QED) is 0.302. The Hall–Kier alpha value is -4.13. The van der Waals surface area contributed by atoms with Gasteiger partial charge in [0, 0.05) is 17.1 Å². The molecule has 0 radical (unpaired) electrons. The van der Waals surface area contributed by atoms with Crippen LogP contribution in [0.15, 0.2) is 78.2 Å². The molecule has 1 N–H and O–H groups in total. The molecule has 0 aliphatic carbocycles. The number of nitrogens with one attached hydrogen (secondary N) is 1. The first-order valence-corrected chi connectivity index (χ1v) is 10.1. The number of hydrogen-bond acceptors (Lipinski definition) is 7. The van der Waals surface area contributed by atoms with Gasteiger partial charge in [0.15, 0.2) is 11.5 Å². The third-order valence-electron chi connectivity index (χ3n) is 4.98. The minimum atomic E-state index is 0.437.